The van der Waals surface area contributed by atoms with Gasteiger partial charge in [0.1, 0.15) is 9.84 Å². The lowest BCUT2D eigenvalue weighted by atomic mass is 9.77. The van der Waals surface area contributed by atoms with Crippen molar-refractivity contribution in [2.75, 3.05) is 25.2 Å². The minimum absolute atomic E-state index is 0.0983. The van der Waals surface area contributed by atoms with E-state index in [0.29, 0.717) is 12.5 Å². The molecule has 0 aromatic rings. The van der Waals surface area contributed by atoms with E-state index in [9.17, 15) is 13.5 Å². The highest BCUT2D eigenvalue weighted by Crippen LogP contribution is 2.31. The van der Waals surface area contributed by atoms with Crippen LogP contribution >= 0.6 is 0 Å². The molecule has 1 saturated carbocycles. The molecule has 0 saturated heterocycles. The Hall–Kier alpha value is -0.130. The van der Waals surface area contributed by atoms with Crippen molar-refractivity contribution in [2.45, 2.75) is 38.1 Å². The summed E-state index contributed by atoms with van der Waals surface area (Å²) in [5.41, 5.74) is -0.248. The molecule has 0 aliphatic heterocycles. The van der Waals surface area contributed by atoms with Gasteiger partial charge in [0, 0.05) is 18.3 Å². The molecule has 0 bridgehead atoms. The Morgan fingerprint density at radius 3 is 2.69 bits per heavy atom. The molecule has 2 atom stereocenters. The molecular weight excluding hydrogens is 226 g/mol. The van der Waals surface area contributed by atoms with Crippen molar-refractivity contribution < 1.29 is 13.5 Å². The van der Waals surface area contributed by atoms with Crippen LogP contribution in [-0.2, 0) is 9.84 Å². The molecule has 1 aliphatic carbocycles. The average molecular weight is 249 g/mol. The summed E-state index contributed by atoms with van der Waals surface area (Å²) < 4.78 is 22.1. The Morgan fingerprint density at radius 1 is 1.50 bits per heavy atom. The Morgan fingerprint density at radius 2 is 2.19 bits per heavy atom. The van der Waals surface area contributed by atoms with Crippen LogP contribution in [0, 0.1) is 5.92 Å². The summed E-state index contributed by atoms with van der Waals surface area (Å²) in [6.07, 6.45) is 5.43. The number of hydrogen-bond acceptors (Lipinski definition) is 4. The highest BCUT2D eigenvalue weighted by molar-refractivity contribution is 7.90. The second-order valence-electron chi connectivity index (χ2n) is 5.20. The van der Waals surface area contributed by atoms with Gasteiger partial charge in [-0.1, -0.05) is 19.8 Å². The zero-order valence-corrected chi connectivity index (χ0v) is 11.0. The molecule has 2 unspecified atom stereocenters. The molecule has 1 rings (SSSR count). The maximum Gasteiger partial charge on any atom is 0.148 e. The van der Waals surface area contributed by atoms with Crippen LogP contribution in [0.5, 0.6) is 0 Å². The largest absolute Gasteiger partial charge is 0.394 e. The topological polar surface area (TPSA) is 66.4 Å². The Labute approximate surface area is 98.4 Å². The molecule has 0 aromatic carbocycles. The smallest absolute Gasteiger partial charge is 0.148 e. The van der Waals surface area contributed by atoms with E-state index in [1.807, 2.05) is 0 Å². The van der Waals surface area contributed by atoms with E-state index in [1.54, 1.807) is 0 Å². The lowest BCUT2D eigenvalue weighted by Crippen LogP contribution is -2.52. The minimum atomic E-state index is -2.92. The molecule has 1 fully saturated rings. The number of nitrogens with one attached hydrogen (secondary N) is 1. The van der Waals surface area contributed by atoms with E-state index in [-0.39, 0.29) is 17.9 Å². The van der Waals surface area contributed by atoms with Crippen LogP contribution in [-0.4, -0.2) is 44.2 Å². The van der Waals surface area contributed by atoms with Gasteiger partial charge in [-0.3, -0.25) is 0 Å². The van der Waals surface area contributed by atoms with E-state index in [4.69, 9.17) is 0 Å². The predicted molar refractivity (Wildman–Crippen MR) is 65.2 cm³/mol. The SMILES string of the molecule is CC1CCCC(CO)(NCCS(C)(=O)=O)C1. The summed E-state index contributed by atoms with van der Waals surface area (Å²) in [5.74, 6) is 0.745. The van der Waals surface area contributed by atoms with Crippen LogP contribution in [0.25, 0.3) is 0 Å². The third kappa shape index (κ3) is 4.39. The van der Waals surface area contributed by atoms with Crippen molar-refractivity contribution in [3.63, 3.8) is 0 Å². The molecule has 4 nitrogen and oxygen atoms in total. The van der Waals surface area contributed by atoms with Gasteiger partial charge in [0.25, 0.3) is 0 Å². The second kappa shape index (κ2) is 5.47. The fourth-order valence-electron chi connectivity index (χ4n) is 2.52. The molecule has 0 spiro atoms. The highest BCUT2D eigenvalue weighted by Gasteiger charge is 2.33. The second-order valence-corrected chi connectivity index (χ2v) is 7.46. The van der Waals surface area contributed by atoms with Gasteiger partial charge in [-0.2, -0.15) is 0 Å². The monoisotopic (exact) mass is 249 g/mol. The Bertz CT molecular complexity index is 315. The summed E-state index contributed by atoms with van der Waals surface area (Å²) in [7, 11) is -2.92. The van der Waals surface area contributed by atoms with Crippen LogP contribution in [0.15, 0.2) is 0 Å². The van der Waals surface area contributed by atoms with Crippen LogP contribution < -0.4 is 5.32 Å². The van der Waals surface area contributed by atoms with Crippen molar-refractivity contribution in [3.8, 4) is 0 Å². The Balaban J connectivity index is 2.47. The van der Waals surface area contributed by atoms with Crippen LogP contribution in [0.2, 0.25) is 0 Å². The summed E-state index contributed by atoms with van der Waals surface area (Å²) in [6.45, 7) is 2.72. The standard InChI is InChI=1S/C11H23NO3S/c1-10-4-3-5-11(8-10,9-13)12-6-7-16(2,14)15/h10,12-13H,3-9H2,1-2H3. The summed E-state index contributed by atoms with van der Waals surface area (Å²) in [4.78, 5) is 0. The lowest BCUT2D eigenvalue weighted by molar-refractivity contribution is 0.102. The van der Waals surface area contributed by atoms with Gasteiger partial charge in [-0.15, -0.1) is 0 Å². The Kier molecular flexibility index (Phi) is 4.76. The predicted octanol–water partition coefficient (Wildman–Crippen LogP) is 0.562. The maximum absolute atomic E-state index is 11.0. The van der Waals surface area contributed by atoms with Crippen molar-refractivity contribution >= 4 is 9.84 Å². The molecule has 0 heterocycles. The van der Waals surface area contributed by atoms with Gasteiger partial charge >= 0.3 is 0 Å². The van der Waals surface area contributed by atoms with Gasteiger partial charge in [-0.25, -0.2) is 8.42 Å². The first-order valence-corrected chi connectivity index (χ1v) is 7.97. The van der Waals surface area contributed by atoms with Crippen molar-refractivity contribution in [2.24, 2.45) is 5.92 Å². The molecule has 16 heavy (non-hydrogen) atoms. The normalized spacial score (nSPS) is 31.6. The van der Waals surface area contributed by atoms with E-state index >= 15 is 0 Å². The van der Waals surface area contributed by atoms with Gasteiger partial charge in [-0.05, 0) is 18.8 Å². The summed E-state index contributed by atoms with van der Waals surface area (Å²) in [5, 5.41) is 12.7. The fraction of sp³-hybridized carbons (Fsp3) is 1.00. The first kappa shape index (κ1) is 13.9. The van der Waals surface area contributed by atoms with Crippen molar-refractivity contribution in [1.29, 1.82) is 0 Å². The third-order valence-electron chi connectivity index (χ3n) is 3.37. The molecular formula is C11H23NO3S. The third-order valence-corrected chi connectivity index (χ3v) is 4.31. The number of aliphatic hydroxyl groups excluding tert-OH is 1. The number of sulfone groups is 1. The van der Waals surface area contributed by atoms with E-state index < -0.39 is 9.84 Å². The van der Waals surface area contributed by atoms with E-state index in [2.05, 4.69) is 12.2 Å². The average Bonchev–Trinajstić information content (AvgIpc) is 2.16. The maximum atomic E-state index is 11.0. The molecule has 0 aromatic heterocycles. The minimum Gasteiger partial charge on any atom is -0.394 e. The molecule has 96 valence electrons. The number of rotatable bonds is 5. The lowest BCUT2D eigenvalue weighted by Gasteiger charge is -2.39. The summed E-state index contributed by atoms with van der Waals surface area (Å²) in [6, 6.07) is 0. The van der Waals surface area contributed by atoms with Crippen molar-refractivity contribution in [1.82, 2.24) is 5.32 Å². The number of hydrogen-bond donors (Lipinski definition) is 2. The first-order chi connectivity index (χ1) is 7.37. The van der Waals surface area contributed by atoms with Gasteiger partial charge < -0.3 is 10.4 Å². The van der Waals surface area contributed by atoms with Crippen LogP contribution in [0.3, 0.4) is 0 Å². The molecule has 2 N–H and O–H groups in total. The molecule has 1 aliphatic rings. The first-order valence-electron chi connectivity index (χ1n) is 5.90. The van der Waals surface area contributed by atoms with E-state index in [0.717, 1.165) is 19.3 Å². The fourth-order valence-corrected chi connectivity index (χ4v) is 2.99. The van der Waals surface area contributed by atoms with Crippen LogP contribution in [0.4, 0.5) is 0 Å². The van der Waals surface area contributed by atoms with E-state index in [1.165, 1.54) is 12.7 Å². The molecule has 0 amide bonds. The van der Waals surface area contributed by atoms with Gasteiger partial charge in [0.2, 0.25) is 0 Å². The molecule has 0 radical (unpaired) electrons. The van der Waals surface area contributed by atoms with Crippen LogP contribution in [0.1, 0.15) is 32.6 Å². The van der Waals surface area contributed by atoms with Gasteiger partial charge in [0.15, 0.2) is 0 Å². The quantitative estimate of drug-likeness (QED) is 0.747. The zero-order valence-electron chi connectivity index (χ0n) is 10.2. The van der Waals surface area contributed by atoms with Gasteiger partial charge in [0.05, 0.1) is 12.4 Å². The number of aliphatic hydroxyl groups is 1. The van der Waals surface area contributed by atoms with Crippen molar-refractivity contribution in [3.05, 3.63) is 0 Å². The zero-order chi connectivity index (χ0) is 12.2. The summed E-state index contributed by atoms with van der Waals surface area (Å²) >= 11 is 0. The highest BCUT2D eigenvalue weighted by atomic mass is 32.2. The molecule has 5 heteroatoms.